The molecule has 154 valence electrons. The molecule has 0 aliphatic heterocycles. The number of hydrogen-bond donors (Lipinski definition) is 2. The van der Waals surface area contributed by atoms with Gasteiger partial charge in [0.25, 0.3) is 0 Å². The van der Waals surface area contributed by atoms with Crippen molar-refractivity contribution in [2.24, 2.45) is 0 Å². The van der Waals surface area contributed by atoms with Gasteiger partial charge < -0.3 is 10.2 Å². The van der Waals surface area contributed by atoms with Crippen molar-refractivity contribution in [2.75, 3.05) is 0 Å². The van der Waals surface area contributed by atoms with Gasteiger partial charge in [-0.25, -0.2) is 0 Å². The molecule has 27 heavy (non-hydrogen) atoms. The fourth-order valence-corrected chi connectivity index (χ4v) is 3.55. The van der Waals surface area contributed by atoms with Crippen molar-refractivity contribution in [1.29, 1.82) is 0 Å². The van der Waals surface area contributed by atoms with E-state index in [0.717, 1.165) is 6.42 Å². The van der Waals surface area contributed by atoms with Gasteiger partial charge in [0.15, 0.2) is 0 Å². The summed E-state index contributed by atoms with van der Waals surface area (Å²) < 4.78 is 0. The molecule has 0 saturated heterocycles. The predicted octanol–water partition coefficient (Wildman–Crippen LogP) is 8.37. The fourth-order valence-electron chi connectivity index (χ4n) is 3.55. The largest absolute Gasteiger partial charge is 0.507 e. The van der Waals surface area contributed by atoms with Crippen molar-refractivity contribution in [3.63, 3.8) is 0 Å². The van der Waals surface area contributed by atoms with Gasteiger partial charge in [0, 0.05) is 0 Å². The third-order valence-electron chi connectivity index (χ3n) is 5.32. The van der Waals surface area contributed by atoms with Gasteiger partial charge in [0.05, 0.1) is 5.56 Å². The summed E-state index contributed by atoms with van der Waals surface area (Å²) in [5, 5.41) is 19.4. The van der Waals surface area contributed by atoms with Crippen LogP contribution in [0.25, 0.3) is 6.08 Å². The minimum absolute atomic E-state index is 0.141. The fraction of sp³-hybridized carbons (Fsp3) is 0.680. The minimum Gasteiger partial charge on any atom is -0.507 e. The Balaban J connectivity index is 1.85. The first-order valence-corrected chi connectivity index (χ1v) is 11.4. The maximum Gasteiger partial charge on any atom is 0.126 e. The van der Waals surface area contributed by atoms with Crippen molar-refractivity contribution >= 4 is 6.08 Å². The third-order valence-corrected chi connectivity index (χ3v) is 5.32. The Labute approximate surface area is 167 Å². The van der Waals surface area contributed by atoms with Crippen molar-refractivity contribution in [2.45, 2.75) is 110 Å². The van der Waals surface area contributed by atoms with Gasteiger partial charge in [0.1, 0.15) is 11.5 Å². The van der Waals surface area contributed by atoms with Crippen LogP contribution in [0.2, 0.25) is 0 Å². The Hall–Kier alpha value is -1.44. The van der Waals surface area contributed by atoms with Gasteiger partial charge in [-0.15, -0.1) is 0 Å². The summed E-state index contributed by atoms with van der Waals surface area (Å²) in [6, 6.07) is 4.86. The number of allylic oxidation sites excluding steroid dienone is 1. The maximum absolute atomic E-state index is 9.72. The van der Waals surface area contributed by atoms with Crippen LogP contribution < -0.4 is 0 Å². The highest BCUT2D eigenvalue weighted by Gasteiger charge is 2.01. The zero-order valence-electron chi connectivity index (χ0n) is 17.6. The molecule has 0 aromatic heterocycles. The van der Waals surface area contributed by atoms with Gasteiger partial charge >= 0.3 is 0 Å². The van der Waals surface area contributed by atoms with Crippen LogP contribution >= 0.6 is 0 Å². The number of benzene rings is 1. The molecule has 0 fully saturated rings. The number of aromatic hydroxyl groups is 2. The SMILES string of the molecule is CCCCCCCCCCCCCCCCCC=Cc1c(O)cccc1O. The second kappa shape index (κ2) is 16.7. The van der Waals surface area contributed by atoms with Crippen LogP contribution in [0.5, 0.6) is 11.5 Å². The van der Waals surface area contributed by atoms with E-state index in [1.165, 1.54) is 96.3 Å². The van der Waals surface area contributed by atoms with E-state index in [2.05, 4.69) is 13.0 Å². The summed E-state index contributed by atoms with van der Waals surface area (Å²) in [6.07, 6.45) is 25.6. The van der Waals surface area contributed by atoms with Crippen LogP contribution in [-0.2, 0) is 0 Å². The lowest BCUT2D eigenvalue weighted by molar-refractivity contribution is 0.448. The zero-order chi connectivity index (χ0) is 19.6. The lowest BCUT2D eigenvalue weighted by Crippen LogP contribution is -1.83. The minimum atomic E-state index is 0.141. The average molecular weight is 375 g/mol. The second-order valence-corrected chi connectivity index (χ2v) is 7.85. The highest BCUT2D eigenvalue weighted by Crippen LogP contribution is 2.27. The lowest BCUT2D eigenvalue weighted by atomic mass is 10.0. The summed E-state index contributed by atoms with van der Waals surface area (Å²) in [4.78, 5) is 0. The molecule has 0 saturated carbocycles. The number of phenols is 2. The summed E-state index contributed by atoms with van der Waals surface area (Å²) >= 11 is 0. The molecule has 1 aromatic carbocycles. The summed E-state index contributed by atoms with van der Waals surface area (Å²) in [6.45, 7) is 2.28. The van der Waals surface area contributed by atoms with Crippen molar-refractivity contribution < 1.29 is 10.2 Å². The summed E-state index contributed by atoms with van der Waals surface area (Å²) in [5.74, 6) is 0.283. The van der Waals surface area contributed by atoms with Gasteiger partial charge in [-0.2, -0.15) is 0 Å². The molecule has 0 unspecified atom stereocenters. The molecule has 0 aliphatic carbocycles. The van der Waals surface area contributed by atoms with Crippen molar-refractivity contribution in [3.05, 3.63) is 29.8 Å². The molecular weight excluding hydrogens is 332 g/mol. The number of hydrogen-bond acceptors (Lipinski definition) is 2. The molecule has 0 radical (unpaired) electrons. The van der Waals surface area contributed by atoms with Crippen LogP contribution in [0, 0.1) is 0 Å². The molecule has 0 amide bonds. The molecular formula is C25H42O2. The maximum atomic E-state index is 9.72. The molecule has 0 bridgehead atoms. The summed E-state index contributed by atoms with van der Waals surface area (Å²) in [5.41, 5.74) is 0.526. The van der Waals surface area contributed by atoms with E-state index in [1.807, 2.05) is 6.08 Å². The highest BCUT2D eigenvalue weighted by atomic mass is 16.3. The first kappa shape index (κ1) is 23.6. The summed E-state index contributed by atoms with van der Waals surface area (Å²) in [7, 11) is 0. The standard InChI is InChI=1S/C25H42O2/c1-2-3-4-5-6-7-8-9-10-11-12-13-14-15-16-17-18-20-23-24(26)21-19-22-25(23)27/h18-22,26-27H,2-17H2,1H3. The zero-order valence-corrected chi connectivity index (χ0v) is 17.6. The van der Waals surface area contributed by atoms with Crippen LogP contribution in [0.1, 0.15) is 115 Å². The van der Waals surface area contributed by atoms with Gasteiger partial charge in [-0.3, -0.25) is 0 Å². The molecule has 0 spiro atoms. The van der Waals surface area contributed by atoms with Crippen LogP contribution in [0.3, 0.4) is 0 Å². The van der Waals surface area contributed by atoms with Gasteiger partial charge in [-0.1, -0.05) is 115 Å². The number of unbranched alkanes of at least 4 members (excludes halogenated alkanes) is 15. The van der Waals surface area contributed by atoms with Crippen molar-refractivity contribution in [1.82, 2.24) is 0 Å². The average Bonchev–Trinajstić information content (AvgIpc) is 2.66. The topological polar surface area (TPSA) is 40.5 Å². The van der Waals surface area contributed by atoms with E-state index >= 15 is 0 Å². The monoisotopic (exact) mass is 374 g/mol. The van der Waals surface area contributed by atoms with E-state index in [4.69, 9.17) is 0 Å². The van der Waals surface area contributed by atoms with Crippen molar-refractivity contribution in [3.8, 4) is 11.5 Å². The third kappa shape index (κ3) is 12.5. The van der Waals surface area contributed by atoms with Gasteiger partial charge in [0.2, 0.25) is 0 Å². The molecule has 1 aromatic rings. The number of phenolic OH excluding ortho intramolecular Hbond substituents is 2. The molecule has 1 rings (SSSR count). The quantitative estimate of drug-likeness (QED) is 0.269. The van der Waals surface area contributed by atoms with E-state index in [-0.39, 0.29) is 11.5 Å². The molecule has 0 heterocycles. The van der Waals surface area contributed by atoms with E-state index in [0.29, 0.717) is 5.56 Å². The number of rotatable bonds is 17. The lowest BCUT2D eigenvalue weighted by Gasteiger charge is -2.03. The molecule has 2 N–H and O–H groups in total. The first-order valence-electron chi connectivity index (χ1n) is 11.4. The Morgan fingerprint density at radius 1 is 0.630 bits per heavy atom. The van der Waals surface area contributed by atoms with E-state index < -0.39 is 0 Å². The van der Waals surface area contributed by atoms with E-state index in [1.54, 1.807) is 18.2 Å². The Bertz CT molecular complexity index is 473. The molecule has 2 heteroatoms. The molecule has 2 nitrogen and oxygen atoms in total. The van der Waals surface area contributed by atoms with Crippen LogP contribution in [0.15, 0.2) is 24.3 Å². The predicted molar refractivity (Wildman–Crippen MR) is 118 cm³/mol. The Kier molecular flexibility index (Phi) is 14.6. The normalized spacial score (nSPS) is 11.4. The van der Waals surface area contributed by atoms with Crippen LogP contribution in [0.4, 0.5) is 0 Å². The first-order chi connectivity index (χ1) is 13.3. The van der Waals surface area contributed by atoms with E-state index in [9.17, 15) is 10.2 Å². The Morgan fingerprint density at radius 3 is 1.48 bits per heavy atom. The highest BCUT2D eigenvalue weighted by molar-refractivity contribution is 5.63. The second-order valence-electron chi connectivity index (χ2n) is 7.85. The Morgan fingerprint density at radius 2 is 1.04 bits per heavy atom. The molecule has 0 atom stereocenters. The van der Waals surface area contributed by atoms with Crippen LogP contribution in [-0.4, -0.2) is 10.2 Å². The smallest absolute Gasteiger partial charge is 0.126 e. The van der Waals surface area contributed by atoms with Gasteiger partial charge in [-0.05, 0) is 25.0 Å². The molecule has 0 aliphatic rings.